The van der Waals surface area contributed by atoms with Gasteiger partial charge in [0, 0.05) is 13.5 Å². The maximum atomic E-state index is 12.3. The minimum absolute atomic E-state index is 0.0224. The average molecular weight is 347 g/mol. The van der Waals surface area contributed by atoms with Gasteiger partial charge in [-0.2, -0.15) is 0 Å². The third-order valence-corrected chi connectivity index (χ3v) is 3.26. The quantitative estimate of drug-likeness (QED) is 0.803. The van der Waals surface area contributed by atoms with E-state index < -0.39 is 12.4 Å². The predicted molar refractivity (Wildman–Crippen MR) is 84.6 cm³/mol. The first-order valence-electron chi connectivity index (χ1n) is 7.64. The molecule has 0 spiro atoms. The van der Waals surface area contributed by atoms with Crippen LogP contribution in [0.5, 0.6) is 5.75 Å². The van der Waals surface area contributed by atoms with Gasteiger partial charge in [-0.1, -0.05) is 32.9 Å². The lowest BCUT2D eigenvalue weighted by atomic mass is 9.90. The average Bonchev–Trinajstić information content (AvgIpc) is 2.42. The number of rotatable bonds is 7. The number of carbonyl (C=O) groups is 1. The number of nitrogens with one attached hydrogen (secondary N) is 1. The summed E-state index contributed by atoms with van der Waals surface area (Å²) < 4.78 is 46.0. The molecule has 1 aromatic carbocycles. The smallest absolute Gasteiger partial charge is 0.406 e. The molecule has 24 heavy (non-hydrogen) atoms. The SMILES string of the molecule is COCC(NC(=O)CCC(C)(C)C)c1cccc(OC(F)(F)F)c1. The summed E-state index contributed by atoms with van der Waals surface area (Å²) in [6.07, 6.45) is -3.72. The molecule has 0 heterocycles. The largest absolute Gasteiger partial charge is 0.573 e. The molecule has 7 heteroatoms. The molecule has 136 valence electrons. The van der Waals surface area contributed by atoms with Crippen LogP contribution in [0.15, 0.2) is 24.3 Å². The van der Waals surface area contributed by atoms with Crippen LogP contribution in [-0.4, -0.2) is 26.0 Å². The van der Waals surface area contributed by atoms with Crippen molar-refractivity contribution >= 4 is 5.91 Å². The van der Waals surface area contributed by atoms with Crippen molar-refractivity contribution in [3.63, 3.8) is 0 Å². The van der Waals surface area contributed by atoms with Gasteiger partial charge in [-0.15, -0.1) is 13.2 Å². The van der Waals surface area contributed by atoms with Crippen molar-refractivity contribution in [2.45, 2.75) is 46.0 Å². The van der Waals surface area contributed by atoms with Gasteiger partial charge in [-0.25, -0.2) is 0 Å². The summed E-state index contributed by atoms with van der Waals surface area (Å²) >= 11 is 0. The Morgan fingerprint density at radius 3 is 2.46 bits per heavy atom. The first kappa shape index (κ1) is 20.3. The molecule has 1 amide bonds. The van der Waals surface area contributed by atoms with E-state index in [4.69, 9.17) is 4.74 Å². The van der Waals surface area contributed by atoms with E-state index in [1.54, 1.807) is 6.07 Å². The van der Waals surface area contributed by atoms with Gasteiger partial charge >= 0.3 is 6.36 Å². The fraction of sp³-hybridized carbons (Fsp3) is 0.588. The second kappa shape index (κ2) is 8.37. The first-order chi connectivity index (χ1) is 11.0. The van der Waals surface area contributed by atoms with Crippen molar-refractivity contribution < 1.29 is 27.4 Å². The van der Waals surface area contributed by atoms with E-state index in [0.29, 0.717) is 18.4 Å². The molecular weight excluding hydrogens is 323 g/mol. The monoisotopic (exact) mass is 347 g/mol. The Hall–Kier alpha value is -1.76. The normalized spacial score (nSPS) is 13.5. The van der Waals surface area contributed by atoms with Gasteiger partial charge < -0.3 is 14.8 Å². The zero-order valence-electron chi connectivity index (χ0n) is 14.4. The van der Waals surface area contributed by atoms with E-state index in [0.717, 1.165) is 0 Å². The Morgan fingerprint density at radius 1 is 1.25 bits per heavy atom. The Bertz CT molecular complexity index is 539. The Kier molecular flexibility index (Phi) is 7.08. The molecule has 0 aliphatic rings. The molecule has 4 nitrogen and oxygen atoms in total. The molecule has 0 aliphatic heterocycles. The molecular formula is C17H24F3NO3. The van der Waals surface area contributed by atoms with E-state index >= 15 is 0 Å². The highest BCUT2D eigenvalue weighted by Gasteiger charge is 2.31. The molecule has 1 atom stereocenters. The third kappa shape index (κ3) is 8.19. The molecule has 1 N–H and O–H groups in total. The van der Waals surface area contributed by atoms with Crippen LogP contribution in [0, 0.1) is 5.41 Å². The number of alkyl halides is 3. The third-order valence-electron chi connectivity index (χ3n) is 3.26. The van der Waals surface area contributed by atoms with Crippen molar-refractivity contribution in [2.75, 3.05) is 13.7 Å². The van der Waals surface area contributed by atoms with Crippen molar-refractivity contribution in [3.05, 3.63) is 29.8 Å². The van der Waals surface area contributed by atoms with E-state index in [1.807, 2.05) is 20.8 Å². The fourth-order valence-corrected chi connectivity index (χ4v) is 2.07. The van der Waals surface area contributed by atoms with Gasteiger partial charge in [0.2, 0.25) is 5.91 Å². The predicted octanol–water partition coefficient (Wildman–Crippen LogP) is 4.22. The van der Waals surface area contributed by atoms with E-state index in [9.17, 15) is 18.0 Å². The number of hydrogen-bond donors (Lipinski definition) is 1. The number of carbonyl (C=O) groups excluding carboxylic acids is 1. The molecule has 0 saturated heterocycles. The van der Waals surface area contributed by atoms with Crippen LogP contribution in [0.2, 0.25) is 0 Å². The van der Waals surface area contributed by atoms with Gasteiger partial charge in [0.25, 0.3) is 0 Å². The van der Waals surface area contributed by atoms with Crippen molar-refractivity contribution in [1.29, 1.82) is 0 Å². The van der Waals surface area contributed by atoms with Crippen LogP contribution >= 0.6 is 0 Å². The van der Waals surface area contributed by atoms with Crippen molar-refractivity contribution in [1.82, 2.24) is 5.32 Å². The number of ether oxygens (including phenoxy) is 2. The topological polar surface area (TPSA) is 47.6 Å². The van der Waals surface area contributed by atoms with E-state index in [2.05, 4.69) is 10.1 Å². The van der Waals surface area contributed by atoms with Gasteiger partial charge in [0.1, 0.15) is 5.75 Å². The molecule has 0 aliphatic carbocycles. The molecule has 0 fully saturated rings. The Balaban J connectivity index is 2.80. The first-order valence-corrected chi connectivity index (χ1v) is 7.64. The number of halogens is 3. The summed E-state index contributed by atoms with van der Waals surface area (Å²) in [6.45, 7) is 6.25. The van der Waals surface area contributed by atoms with Gasteiger partial charge in [-0.05, 0) is 29.5 Å². The molecule has 0 bridgehead atoms. The summed E-state index contributed by atoms with van der Waals surface area (Å²) in [6, 6.07) is 4.99. The standard InChI is InChI=1S/C17H24F3NO3/c1-16(2,3)9-8-15(22)21-14(11-23-4)12-6-5-7-13(10-12)24-17(18,19)20/h5-7,10,14H,8-9,11H2,1-4H3,(H,21,22). The van der Waals surface area contributed by atoms with E-state index in [-0.39, 0.29) is 23.7 Å². The summed E-state index contributed by atoms with van der Waals surface area (Å²) in [5, 5.41) is 2.80. The second-order valence-corrected chi connectivity index (χ2v) is 6.76. The number of hydrogen-bond acceptors (Lipinski definition) is 3. The van der Waals surface area contributed by atoms with Crippen molar-refractivity contribution in [2.24, 2.45) is 5.41 Å². The second-order valence-electron chi connectivity index (χ2n) is 6.76. The lowest BCUT2D eigenvalue weighted by molar-refractivity contribution is -0.274. The molecule has 0 aromatic heterocycles. The van der Waals surface area contributed by atoms with Crippen LogP contribution in [0.1, 0.15) is 45.2 Å². The summed E-state index contributed by atoms with van der Waals surface area (Å²) in [7, 11) is 1.46. The molecule has 1 unspecified atom stereocenters. The Morgan fingerprint density at radius 2 is 1.92 bits per heavy atom. The van der Waals surface area contributed by atoms with Crippen LogP contribution in [0.3, 0.4) is 0 Å². The minimum atomic E-state index is -4.76. The summed E-state index contributed by atoms with van der Waals surface area (Å²) in [4.78, 5) is 12.1. The number of methoxy groups -OCH3 is 1. The number of amides is 1. The van der Waals surface area contributed by atoms with Crippen LogP contribution < -0.4 is 10.1 Å². The highest BCUT2D eigenvalue weighted by molar-refractivity contribution is 5.76. The minimum Gasteiger partial charge on any atom is -0.406 e. The van der Waals surface area contributed by atoms with Crippen LogP contribution in [0.4, 0.5) is 13.2 Å². The van der Waals surface area contributed by atoms with Gasteiger partial charge in [0.05, 0.1) is 12.6 Å². The lowest BCUT2D eigenvalue weighted by Crippen LogP contribution is -2.32. The maximum absolute atomic E-state index is 12.3. The van der Waals surface area contributed by atoms with Gasteiger partial charge in [0.15, 0.2) is 0 Å². The molecule has 0 saturated carbocycles. The maximum Gasteiger partial charge on any atom is 0.573 e. The van der Waals surface area contributed by atoms with Crippen LogP contribution in [0.25, 0.3) is 0 Å². The summed E-state index contributed by atoms with van der Waals surface area (Å²) in [5.41, 5.74) is 0.511. The lowest BCUT2D eigenvalue weighted by Gasteiger charge is -2.21. The molecule has 1 aromatic rings. The van der Waals surface area contributed by atoms with Crippen molar-refractivity contribution in [3.8, 4) is 5.75 Å². The fourth-order valence-electron chi connectivity index (χ4n) is 2.07. The highest BCUT2D eigenvalue weighted by atomic mass is 19.4. The summed E-state index contributed by atoms with van der Waals surface area (Å²) in [5.74, 6) is -0.501. The Labute approximate surface area is 140 Å². The zero-order valence-corrected chi connectivity index (χ0v) is 14.4. The molecule has 0 radical (unpaired) electrons. The van der Waals surface area contributed by atoms with E-state index in [1.165, 1.54) is 25.3 Å². The number of benzene rings is 1. The van der Waals surface area contributed by atoms with Crippen LogP contribution in [-0.2, 0) is 9.53 Å². The molecule has 1 rings (SSSR count). The van der Waals surface area contributed by atoms with Gasteiger partial charge in [-0.3, -0.25) is 4.79 Å². The zero-order chi connectivity index (χ0) is 18.4. The highest BCUT2D eigenvalue weighted by Crippen LogP contribution is 2.26.